The van der Waals surface area contributed by atoms with Crippen molar-refractivity contribution in [3.05, 3.63) is 34.4 Å². The highest BCUT2D eigenvalue weighted by atomic mass is 16.2. The predicted octanol–water partition coefficient (Wildman–Crippen LogP) is 1.98. The quantitative estimate of drug-likeness (QED) is 0.882. The molecule has 1 amide bonds. The topological polar surface area (TPSA) is 32.3 Å². The summed E-state index contributed by atoms with van der Waals surface area (Å²) in [5, 5.41) is 3.33. The number of amides is 1. The molecule has 1 aromatic carbocycles. The first kappa shape index (κ1) is 14.1. The first-order valence-electron chi connectivity index (χ1n) is 7.13. The SMILES string of the molecule is Cc1cc(C)c(CC(=O)N2CCCNCC2)c(C)c1. The van der Waals surface area contributed by atoms with E-state index in [-0.39, 0.29) is 5.91 Å². The number of benzene rings is 1. The highest BCUT2D eigenvalue weighted by molar-refractivity contribution is 5.79. The van der Waals surface area contributed by atoms with Crippen molar-refractivity contribution in [1.29, 1.82) is 0 Å². The van der Waals surface area contributed by atoms with Gasteiger partial charge in [0.2, 0.25) is 5.91 Å². The predicted molar refractivity (Wildman–Crippen MR) is 78.4 cm³/mol. The average molecular weight is 260 g/mol. The van der Waals surface area contributed by atoms with Crippen molar-refractivity contribution in [2.24, 2.45) is 0 Å². The summed E-state index contributed by atoms with van der Waals surface area (Å²) in [6.45, 7) is 9.97. The van der Waals surface area contributed by atoms with Crippen molar-refractivity contribution in [3.8, 4) is 0 Å². The van der Waals surface area contributed by atoms with Crippen LogP contribution in [-0.2, 0) is 11.2 Å². The van der Waals surface area contributed by atoms with Gasteiger partial charge in [-0.05, 0) is 50.4 Å². The van der Waals surface area contributed by atoms with Gasteiger partial charge in [0.05, 0.1) is 6.42 Å². The third-order valence-corrected chi connectivity index (χ3v) is 3.86. The van der Waals surface area contributed by atoms with Gasteiger partial charge in [-0.15, -0.1) is 0 Å². The molecule has 19 heavy (non-hydrogen) atoms. The maximum absolute atomic E-state index is 12.4. The fourth-order valence-corrected chi connectivity index (χ4v) is 2.85. The van der Waals surface area contributed by atoms with Gasteiger partial charge >= 0.3 is 0 Å². The molecule has 0 radical (unpaired) electrons. The molecule has 2 rings (SSSR count). The van der Waals surface area contributed by atoms with Gasteiger partial charge in [-0.2, -0.15) is 0 Å². The molecule has 0 aromatic heterocycles. The minimum absolute atomic E-state index is 0.263. The van der Waals surface area contributed by atoms with Crippen molar-refractivity contribution < 1.29 is 4.79 Å². The van der Waals surface area contributed by atoms with Crippen LogP contribution in [0.25, 0.3) is 0 Å². The lowest BCUT2D eigenvalue weighted by Gasteiger charge is -2.21. The molecule has 1 heterocycles. The second-order valence-electron chi connectivity index (χ2n) is 5.54. The average Bonchev–Trinajstić information content (AvgIpc) is 2.62. The summed E-state index contributed by atoms with van der Waals surface area (Å²) in [7, 11) is 0. The van der Waals surface area contributed by atoms with Gasteiger partial charge in [-0.3, -0.25) is 4.79 Å². The van der Waals surface area contributed by atoms with E-state index < -0.39 is 0 Å². The van der Waals surface area contributed by atoms with Crippen molar-refractivity contribution in [1.82, 2.24) is 10.2 Å². The van der Waals surface area contributed by atoms with E-state index in [0.717, 1.165) is 32.6 Å². The van der Waals surface area contributed by atoms with Crippen molar-refractivity contribution in [3.63, 3.8) is 0 Å². The van der Waals surface area contributed by atoms with E-state index in [2.05, 4.69) is 38.2 Å². The molecule has 1 aromatic rings. The first-order chi connectivity index (χ1) is 9.08. The summed E-state index contributed by atoms with van der Waals surface area (Å²) in [6, 6.07) is 4.33. The minimum Gasteiger partial charge on any atom is -0.341 e. The molecule has 3 heteroatoms. The molecule has 3 nitrogen and oxygen atoms in total. The van der Waals surface area contributed by atoms with Crippen molar-refractivity contribution in [2.45, 2.75) is 33.6 Å². The molecule has 0 unspecified atom stereocenters. The second-order valence-corrected chi connectivity index (χ2v) is 5.54. The Morgan fingerprint density at radius 3 is 2.53 bits per heavy atom. The lowest BCUT2D eigenvalue weighted by Crippen LogP contribution is -2.35. The molecule has 0 aliphatic carbocycles. The highest BCUT2D eigenvalue weighted by Crippen LogP contribution is 2.18. The fraction of sp³-hybridized carbons (Fsp3) is 0.562. The minimum atomic E-state index is 0.263. The number of hydrogen-bond donors (Lipinski definition) is 1. The molecule has 0 atom stereocenters. The molecule has 1 aliphatic heterocycles. The number of carbonyl (C=O) groups excluding carboxylic acids is 1. The van der Waals surface area contributed by atoms with E-state index in [1.165, 1.54) is 22.3 Å². The van der Waals surface area contributed by atoms with Gasteiger partial charge in [0.25, 0.3) is 0 Å². The smallest absolute Gasteiger partial charge is 0.227 e. The zero-order chi connectivity index (χ0) is 13.8. The van der Waals surface area contributed by atoms with Crippen molar-refractivity contribution >= 4 is 5.91 Å². The second kappa shape index (κ2) is 6.20. The largest absolute Gasteiger partial charge is 0.341 e. The molecular weight excluding hydrogens is 236 g/mol. The lowest BCUT2D eigenvalue weighted by molar-refractivity contribution is -0.130. The number of nitrogens with one attached hydrogen (secondary N) is 1. The Morgan fingerprint density at radius 2 is 1.84 bits per heavy atom. The van der Waals surface area contributed by atoms with Crippen LogP contribution in [0.15, 0.2) is 12.1 Å². The summed E-state index contributed by atoms with van der Waals surface area (Å²) in [4.78, 5) is 14.4. The zero-order valence-electron chi connectivity index (χ0n) is 12.3. The van der Waals surface area contributed by atoms with Gasteiger partial charge < -0.3 is 10.2 Å². The maximum atomic E-state index is 12.4. The maximum Gasteiger partial charge on any atom is 0.227 e. The Bertz CT molecular complexity index is 437. The monoisotopic (exact) mass is 260 g/mol. The molecule has 1 aliphatic rings. The van der Waals surface area contributed by atoms with Gasteiger partial charge in [0.1, 0.15) is 0 Å². The Morgan fingerprint density at radius 1 is 1.16 bits per heavy atom. The van der Waals surface area contributed by atoms with Crippen LogP contribution in [0.2, 0.25) is 0 Å². The summed E-state index contributed by atoms with van der Waals surface area (Å²) in [6.07, 6.45) is 1.59. The molecule has 0 bridgehead atoms. The third kappa shape index (κ3) is 3.57. The number of rotatable bonds is 2. The van der Waals surface area contributed by atoms with Crippen LogP contribution in [0, 0.1) is 20.8 Å². The van der Waals surface area contributed by atoms with E-state index in [4.69, 9.17) is 0 Å². The number of hydrogen-bond acceptors (Lipinski definition) is 2. The normalized spacial score (nSPS) is 16.3. The van der Waals surface area contributed by atoms with Crippen LogP contribution in [0.4, 0.5) is 0 Å². The highest BCUT2D eigenvalue weighted by Gasteiger charge is 2.17. The van der Waals surface area contributed by atoms with E-state index in [1.807, 2.05) is 4.90 Å². The lowest BCUT2D eigenvalue weighted by atomic mass is 9.97. The molecule has 1 N–H and O–H groups in total. The van der Waals surface area contributed by atoms with Gasteiger partial charge in [0.15, 0.2) is 0 Å². The van der Waals surface area contributed by atoms with Gasteiger partial charge in [-0.25, -0.2) is 0 Å². The molecule has 104 valence electrons. The molecule has 1 saturated heterocycles. The Labute approximate surface area is 116 Å². The molecular formula is C16H24N2O. The summed E-state index contributed by atoms with van der Waals surface area (Å²) >= 11 is 0. The molecule has 0 spiro atoms. The van der Waals surface area contributed by atoms with E-state index in [0.29, 0.717) is 6.42 Å². The van der Waals surface area contributed by atoms with Crippen molar-refractivity contribution in [2.75, 3.05) is 26.2 Å². The van der Waals surface area contributed by atoms with Gasteiger partial charge in [-0.1, -0.05) is 17.7 Å². The van der Waals surface area contributed by atoms with Gasteiger partial charge in [0, 0.05) is 19.6 Å². The Balaban J connectivity index is 2.10. The van der Waals surface area contributed by atoms with Crippen LogP contribution < -0.4 is 5.32 Å². The standard InChI is InChI=1S/C16H24N2O/c1-12-9-13(2)15(14(3)10-12)11-16(19)18-7-4-5-17-6-8-18/h9-10,17H,4-8,11H2,1-3H3. The van der Waals surface area contributed by atoms with E-state index in [9.17, 15) is 4.79 Å². The summed E-state index contributed by atoms with van der Waals surface area (Å²) < 4.78 is 0. The van der Waals surface area contributed by atoms with E-state index >= 15 is 0 Å². The van der Waals surface area contributed by atoms with Crippen LogP contribution >= 0.6 is 0 Å². The van der Waals surface area contributed by atoms with Crippen LogP contribution in [0.1, 0.15) is 28.7 Å². The summed E-state index contributed by atoms with van der Waals surface area (Å²) in [5.41, 5.74) is 4.94. The zero-order valence-corrected chi connectivity index (χ0v) is 12.3. The van der Waals surface area contributed by atoms with Crippen LogP contribution in [0.3, 0.4) is 0 Å². The third-order valence-electron chi connectivity index (χ3n) is 3.86. The Hall–Kier alpha value is -1.35. The fourth-order valence-electron chi connectivity index (χ4n) is 2.85. The van der Waals surface area contributed by atoms with Crippen LogP contribution in [0.5, 0.6) is 0 Å². The first-order valence-corrected chi connectivity index (χ1v) is 7.13. The number of aryl methyl sites for hydroxylation is 3. The molecule has 0 saturated carbocycles. The molecule has 1 fully saturated rings. The van der Waals surface area contributed by atoms with Crippen LogP contribution in [-0.4, -0.2) is 37.0 Å². The van der Waals surface area contributed by atoms with E-state index in [1.54, 1.807) is 0 Å². The Kier molecular flexibility index (Phi) is 4.59. The summed E-state index contributed by atoms with van der Waals surface area (Å²) in [5.74, 6) is 0.263. The number of nitrogens with zero attached hydrogens (tertiary/aromatic N) is 1. The number of carbonyl (C=O) groups is 1.